The number of hydrogen-bond donors (Lipinski definition) is 1. The number of hydrogen-bond acceptors (Lipinski definition) is 4. The van der Waals surface area contributed by atoms with Gasteiger partial charge in [-0.05, 0) is 19.0 Å². The molecule has 0 saturated heterocycles. The van der Waals surface area contributed by atoms with Gasteiger partial charge in [0.15, 0.2) is 11.5 Å². The smallest absolute Gasteiger partial charge is 0.231 e. The zero-order valence-corrected chi connectivity index (χ0v) is 10.4. The van der Waals surface area contributed by atoms with Gasteiger partial charge in [-0.3, -0.25) is 0 Å². The number of benzene rings is 1. The van der Waals surface area contributed by atoms with Gasteiger partial charge in [-0.25, -0.2) is 0 Å². The minimum atomic E-state index is 0.299. The molecule has 1 aliphatic rings. The second-order valence-corrected chi connectivity index (χ2v) is 3.94. The molecule has 1 N–H and O–H groups in total. The molecule has 0 bridgehead atoms. The van der Waals surface area contributed by atoms with E-state index in [0.29, 0.717) is 6.79 Å². The molecular formula is C13H19NO3. The molecule has 0 fully saturated rings. The van der Waals surface area contributed by atoms with Crippen molar-refractivity contribution in [2.24, 2.45) is 0 Å². The van der Waals surface area contributed by atoms with Crippen LogP contribution in [-0.2, 0) is 6.54 Å². The van der Waals surface area contributed by atoms with Crippen LogP contribution in [0.3, 0.4) is 0 Å². The van der Waals surface area contributed by atoms with E-state index in [1.165, 1.54) is 0 Å². The van der Waals surface area contributed by atoms with Crippen LogP contribution in [0.15, 0.2) is 12.1 Å². The van der Waals surface area contributed by atoms with Crippen LogP contribution < -0.4 is 19.5 Å². The summed E-state index contributed by atoms with van der Waals surface area (Å²) in [5, 5.41) is 3.30. The van der Waals surface area contributed by atoms with Crippen molar-refractivity contribution in [1.82, 2.24) is 5.32 Å². The summed E-state index contributed by atoms with van der Waals surface area (Å²) in [6, 6.07) is 3.92. The standard InChI is InChI=1S/C13H19NO3/c1-3-5-15-11-7-13-12(16-9-17-13)6-10(11)8-14-4-2/h6-7,14H,3-5,8-9H2,1-2H3. The van der Waals surface area contributed by atoms with E-state index in [1.807, 2.05) is 12.1 Å². The van der Waals surface area contributed by atoms with Gasteiger partial charge in [0.05, 0.1) is 6.61 Å². The van der Waals surface area contributed by atoms with Crippen molar-refractivity contribution in [3.05, 3.63) is 17.7 Å². The molecule has 1 heterocycles. The van der Waals surface area contributed by atoms with Crippen LogP contribution in [-0.4, -0.2) is 19.9 Å². The summed E-state index contributed by atoms with van der Waals surface area (Å²) in [5.74, 6) is 2.47. The Bertz CT molecular complexity index is 344. The molecular weight excluding hydrogens is 218 g/mol. The van der Waals surface area contributed by atoms with Gasteiger partial charge in [0, 0.05) is 18.2 Å². The molecule has 1 aromatic carbocycles. The normalized spacial score (nSPS) is 12.8. The molecule has 0 aliphatic carbocycles. The van der Waals surface area contributed by atoms with Crippen molar-refractivity contribution in [3.8, 4) is 17.2 Å². The molecule has 0 radical (unpaired) electrons. The molecule has 2 rings (SSSR count). The van der Waals surface area contributed by atoms with Crippen molar-refractivity contribution < 1.29 is 14.2 Å². The van der Waals surface area contributed by atoms with Crippen LogP contribution in [0.5, 0.6) is 17.2 Å². The molecule has 4 nitrogen and oxygen atoms in total. The molecule has 0 unspecified atom stereocenters. The maximum absolute atomic E-state index is 5.73. The molecule has 0 amide bonds. The van der Waals surface area contributed by atoms with Gasteiger partial charge in [-0.15, -0.1) is 0 Å². The molecule has 0 atom stereocenters. The van der Waals surface area contributed by atoms with Gasteiger partial charge >= 0.3 is 0 Å². The van der Waals surface area contributed by atoms with Crippen molar-refractivity contribution >= 4 is 0 Å². The first kappa shape index (κ1) is 12.0. The Kier molecular flexibility index (Phi) is 4.09. The second-order valence-electron chi connectivity index (χ2n) is 3.94. The van der Waals surface area contributed by atoms with Crippen LogP contribution in [0.4, 0.5) is 0 Å². The van der Waals surface area contributed by atoms with Crippen LogP contribution in [0.1, 0.15) is 25.8 Å². The zero-order chi connectivity index (χ0) is 12.1. The molecule has 0 aromatic heterocycles. The van der Waals surface area contributed by atoms with E-state index < -0.39 is 0 Å². The average molecular weight is 237 g/mol. The molecule has 94 valence electrons. The molecule has 17 heavy (non-hydrogen) atoms. The maximum Gasteiger partial charge on any atom is 0.231 e. The highest BCUT2D eigenvalue weighted by molar-refractivity contribution is 5.51. The van der Waals surface area contributed by atoms with Crippen LogP contribution in [0, 0.1) is 0 Å². The van der Waals surface area contributed by atoms with Crippen LogP contribution in [0.25, 0.3) is 0 Å². The van der Waals surface area contributed by atoms with E-state index >= 15 is 0 Å². The largest absolute Gasteiger partial charge is 0.493 e. The Hall–Kier alpha value is -1.42. The Morgan fingerprint density at radius 1 is 1.24 bits per heavy atom. The van der Waals surface area contributed by atoms with E-state index in [-0.39, 0.29) is 0 Å². The van der Waals surface area contributed by atoms with Crippen molar-refractivity contribution in [3.63, 3.8) is 0 Å². The predicted octanol–water partition coefficient (Wildman–Crippen LogP) is 2.31. The van der Waals surface area contributed by atoms with Crippen LogP contribution >= 0.6 is 0 Å². The highest BCUT2D eigenvalue weighted by Gasteiger charge is 2.17. The Morgan fingerprint density at radius 2 is 2.00 bits per heavy atom. The summed E-state index contributed by atoms with van der Waals surface area (Å²) >= 11 is 0. The van der Waals surface area contributed by atoms with Crippen LogP contribution in [0.2, 0.25) is 0 Å². The summed E-state index contributed by atoms with van der Waals surface area (Å²) < 4.78 is 16.5. The van der Waals surface area contributed by atoms with Gasteiger partial charge in [-0.1, -0.05) is 13.8 Å². The fraction of sp³-hybridized carbons (Fsp3) is 0.538. The quantitative estimate of drug-likeness (QED) is 0.824. The third kappa shape index (κ3) is 2.82. The highest BCUT2D eigenvalue weighted by atomic mass is 16.7. The average Bonchev–Trinajstić information content (AvgIpc) is 2.80. The summed E-state index contributed by atoms with van der Waals surface area (Å²) in [7, 11) is 0. The first-order chi connectivity index (χ1) is 8.35. The monoisotopic (exact) mass is 237 g/mol. The lowest BCUT2D eigenvalue weighted by atomic mass is 10.1. The molecule has 0 saturated carbocycles. The fourth-order valence-corrected chi connectivity index (χ4v) is 1.71. The molecule has 1 aromatic rings. The SMILES string of the molecule is CCCOc1cc2c(cc1CNCC)OCO2. The van der Waals surface area contributed by atoms with E-state index in [9.17, 15) is 0 Å². The van der Waals surface area contributed by atoms with Gasteiger partial charge in [0.1, 0.15) is 5.75 Å². The summed E-state index contributed by atoms with van der Waals surface area (Å²) in [6.07, 6.45) is 0.995. The molecule has 0 spiro atoms. The van der Waals surface area contributed by atoms with Gasteiger partial charge in [0.2, 0.25) is 6.79 Å². The third-order valence-electron chi connectivity index (χ3n) is 2.58. The molecule has 1 aliphatic heterocycles. The fourth-order valence-electron chi connectivity index (χ4n) is 1.71. The second kappa shape index (κ2) is 5.77. The highest BCUT2D eigenvalue weighted by Crippen LogP contribution is 2.38. The van der Waals surface area contributed by atoms with Gasteiger partial charge < -0.3 is 19.5 Å². The van der Waals surface area contributed by atoms with Gasteiger partial charge in [-0.2, -0.15) is 0 Å². The number of rotatable bonds is 6. The minimum Gasteiger partial charge on any atom is -0.493 e. The minimum absolute atomic E-state index is 0.299. The first-order valence-corrected chi connectivity index (χ1v) is 6.11. The van der Waals surface area contributed by atoms with E-state index in [1.54, 1.807) is 0 Å². The van der Waals surface area contributed by atoms with Crippen molar-refractivity contribution in [1.29, 1.82) is 0 Å². The lowest BCUT2D eigenvalue weighted by molar-refractivity contribution is 0.173. The lowest BCUT2D eigenvalue weighted by Crippen LogP contribution is -2.13. The predicted molar refractivity (Wildman–Crippen MR) is 65.7 cm³/mol. The Labute approximate surface area is 102 Å². The summed E-state index contributed by atoms with van der Waals surface area (Å²) in [6.45, 7) is 6.91. The number of fused-ring (bicyclic) bond motifs is 1. The lowest BCUT2D eigenvalue weighted by Gasteiger charge is -2.12. The zero-order valence-electron chi connectivity index (χ0n) is 10.4. The third-order valence-corrected chi connectivity index (χ3v) is 2.58. The summed E-state index contributed by atoms with van der Waals surface area (Å²) in [5.41, 5.74) is 1.12. The van der Waals surface area contributed by atoms with E-state index in [4.69, 9.17) is 14.2 Å². The molecule has 4 heteroatoms. The Balaban J connectivity index is 2.19. The maximum atomic E-state index is 5.73. The Morgan fingerprint density at radius 3 is 2.71 bits per heavy atom. The topological polar surface area (TPSA) is 39.7 Å². The van der Waals surface area contributed by atoms with Crippen molar-refractivity contribution in [2.45, 2.75) is 26.8 Å². The van der Waals surface area contributed by atoms with Gasteiger partial charge in [0.25, 0.3) is 0 Å². The van der Waals surface area contributed by atoms with Crippen molar-refractivity contribution in [2.75, 3.05) is 19.9 Å². The number of nitrogens with one attached hydrogen (secondary N) is 1. The van der Waals surface area contributed by atoms with E-state index in [0.717, 1.165) is 48.9 Å². The summed E-state index contributed by atoms with van der Waals surface area (Å²) in [4.78, 5) is 0. The number of ether oxygens (including phenoxy) is 3. The first-order valence-electron chi connectivity index (χ1n) is 6.11. The van der Waals surface area contributed by atoms with E-state index in [2.05, 4.69) is 19.2 Å².